The average molecular weight is 298 g/mol. The van der Waals surface area contributed by atoms with Gasteiger partial charge < -0.3 is 15.0 Å². The van der Waals surface area contributed by atoms with Gasteiger partial charge in [0.05, 0.1) is 6.61 Å². The molecule has 0 aliphatic carbocycles. The van der Waals surface area contributed by atoms with E-state index in [1.54, 1.807) is 18.9 Å². The zero-order valence-electron chi connectivity index (χ0n) is 13.1. The zero-order valence-corrected chi connectivity index (χ0v) is 14.0. The minimum Gasteiger partial charge on any atom is -0.383 e. The molecule has 0 saturated heterocycles. The highest BCUT2D eigenvalue weighted by Crippen LogP contribution is 2.23. The molecule has 6 heteroatoms. The molecule has 0 fully saturated rings. The van der Waals surface area contributed by atoms with Crippen LogP contribution in [0.3, 0.4) is 0 Å². The monoisotopic (exact) mass is 298 g/mol. The molecule has 0 bridgehead atoms. The Balaban J connectivity index is 3.10. The summed E-state index contributed by atoms with van der Waals surface area (Å²) in [7, 11) is 3.62. The van der Waals surface area contributed by atoms with E-state index >= 15 is 0 Å². The Morgan fingerprint density at radius 1 is 1.35 bits per heavy atom. The molecular formula is C14H26N4OS. The van der Waals surface area contributed by atoms with Crippen LogP contribution < -0.4 is 10.2 Å². The van der Waals surface area contributed by atoms with Crippen molar-refractivity contribution in [1.82, 2.24) is 9.97 Å². The molecule has 0 radical (unpaired) electrons. The molecule has 1 heterocycles. The van der Waals surface area contributed by atoms with Crippen LogP contribution in [0.5, 0.6) is 0 Å². The van der Waals surface area contributed by atoms with E-state index in [0.29, 0.717) is 12.6 Å². The second-order valence-electron chi connectivity index (χ2n) is 4.50. The van der Waals surface area contributed by atoms with Gasteiger partial charge in [-0.15, -0.1) is 0 Å². The van der Waals surface area contributed by atoms with Gasteiger partial charge >= 0.3 is 0 Å². The molecule has 20 heavy (non-hydrogen) atoms. The lowest BCUT2D eigenvalue weighted by Crippen LogP contribution is -2.37. The third kappa shape index (κ3) is 4.52. The van der Waals surface area contributed by atoms with Crippen LogP contribution in [-0.2, 0) is 4.74 Å². The van der Waals surface area contributed by atoms with Crippen molar-refractivity contribution in [2.24, 2.45) is 0 Å². The van der Waals surface area contributed by atoms with Crippen LogP contribution in [0.25, 0.3) is 0 Å². The number of hydrogen-bond donors (Lipinski definition) is 1. The Morgan fingerprint density at radius 3 is 2.55 bits per heavy atom. The second-order valence-corrected chi connectivity index (χ2v) is 5.28. The molecule has 0 spiro atoms. The van der Waals surface area contributed by atoms with Gasteiger partial charge in [0.1, 0.15) is 11.6 Å². The second kappa shape index (κ2) is 9.02. The van der Waals surface area contributed by atoms with Gasteiger partial charge in [-0.2, -0.15) is 0 Å². The Hall–Kier alpha value is -1.01. The van der Waals surface area contributed by atoms with E-state index < -0.39 is 0 Å². The number of nitrogens with one attached hydrogen (secondary N) is 1. The predicted molar refractivity (Wildman–Crippen MR) is 87.0 cm³/mol. The van der Waals surface area contributed by atoms with Crippen molar-refractivity contribution in [1.29, 1.82) is 0 Å². The van der Waals surface area contributed by atoms with E-state index in [1.165, 1.54) is 0 Å². The molecule has 0 amide bonds. The molecule has 0 saturated carbocycles. The summed E-state index contributed by atoms with van der Waals surface area (Å²) in [6.07, 6.45) is 4.18. The van der Waals surface area contributed by atoms with Crippen LogP contribution >= 0.6 is 11.8 Å². The quantitative estimate of drug-likeness (QED) is 0.559. The summed E-state index contributed by atoms with van der Waals surface area (Å²) in [5.74, 6) is 1.83. The van der Waals surface area contributed by atoms with Crippen molar-refractivity contribution < 1.29 is 4.74 Å². The highest BCUT2D eigenvalue weighted by molar-refractivity contribution is 7.98. The first kappa shape index (κ1) is 17.0. The summed E-state index contributed by atoms with van der Waals surface area (Å²) >= 11 is 1.56. The van der Waals surface area contributed by atoms with Crippen molar-refractivity contribution in [3.63, 3.8) is 0 Å². The molecule has 1 aromatic rings. The van der Waals surface area contributed by atoms with Gasteiger partial charge in [-0.1, -0.05) is 25.6 Å². The number of nitrogens with zero attached hydrogens (tertiary/aromatic N) is 3. The van der Waals surface area contributed by atoms with Crippen LogP contribution in [0.1, 0.15) is 26.7 Å². The molecular weight excluding hydrogens is 272 g/mol. The Kier molecular flexibility index (Phi) is 7.69. The minimum absolute atomic E-state index is 0.472. The molecule has 5 nitrogen and oxygen atoms in total. The third-order valence-electron chi connectivity index (χ3n) is 3.34. The number of anilines is 2. The van der Waals surface area contributed by atoms with Gasteiger partial charge in [0.15, 0.2) is 5.16 Å². The summed E-state index contributed by atoms with van der Waals surface area (Å²) in [5, 5.41) is 3.90. The van der Waals surface area contributed by atoms with Crippen molar-refractivity contribution in [3.8, 4) is 0 Å². The van der Waals surface area contributed by atoms with E-state index in [0.717, 1.165) is 36.2 Å². The molecule has 1 rings (SSSR count). The molecule has 1 N–H and O–H groups in total. The average Bonchev–Trinajstić information content (AvgIpc) is 2.50. The number of rotatable bonds is 9. The fraction of sp³-hybridized carbons (Fsp3) is 0.714. The number of methoxy groups -OCH3 is 1. The Labute approximate surface area is 126 Å². The summed E-state index contributed by atoms with van der Waals surface area (Å²) in [6, 6.07) is 2.48. The zero-order chi connectivity index (χ0) is 15.0. The van der Waals surface area contributed by atoms with Crippen molar-refractivity contribution in [2.75, 3.05) is 43.8 Å². The van der Waals surface area contributed by atoms with E-state index in [9.17, 15) is 0 Å². The predicted octanol–water partition coefficient (Wildman–Crippen LogP) is 2.88. The lowest BCUT2D eigenvalue weighted by Gasteiger charge is -2.31. The molecule has 0 aliphatic rings. The highest BCUT2D eigenvalue weighted by atomic mass is 32.2. The normalized spacial score (nSPS) is 10.9. The molecule has 0 unspecified atom stereocenters. The van der Waals surface area contributed by atoms with Gasteiger partial charge in [0.25, 0.3) is 0 Å². The molecule has 0 aromatic carbocycles. The van der Waals surface area contributed by atoms with E-state index in [1.807, 2.05) is 19.4 Å². The smallest absolute Gasteiger partial charge is 0.191 e. The summed E-state index contributed by atoms with van der Waals surface area (Å²) in [6.45, 7) is 5.97. The van der Waals surface area contributed by atoms with E-state index in [2.05, 4.69) is 34.0 Å². The number of ether oxygens (including phenoxy) is 1. The van der Waals surface area contributed by atoms with Crippen molar-refractivity contribution in [3.05, 3.63) is 6.07 Å². The lowest BCUT2D eigenvalue weighted by atomic mass is 10.1. The van der Waals surface area contributed by atoms with Crippen molar-refractivity contribution >= 4 is 23.4 Å². The first-order valence-electron chi connectivity index (χ1n) is 7.06. The summed E-state index contributed by atoms with van der Waals surface area (Å²) in [4.78, 5) is 11.4. The molecule has 114 valence electrons. The van der Waals surface area contributed by atoms with Gasteiger partial charge in [-0.05, 0) is 19.1 Å². The van der Waals surface area contributed by atoms with E-state index in [-0.39, 0.29) is 0 Å². The molecule has 0 aliphatic heterocycles. The fourth-order valence-corrected chi connectivity index (χ4v) is 2.56. The maximum atomic E-state index is 5.24. The Bertz CT molecular complexity index is 377. The number of hydrogen-bond acceptors (Lipinski definition) is 6. The number of thioether (sulfide) groups is 1. The standard InChI is InChI=1S/C14H26N4OS/c1-6-11(7-2)18(8-9-19-4)13-10-12(15-3)16-14(17-13)20-5/h10-11H,6-9H2,1-5H3,(H,15,16,17). The first-order valence-corrected chi connectivity index (χ1v) is 8.28. The largest absolute Gasteiger partial charge is 0.383 e. The maximum absolute atomic E-state index is 5.24. The van der Waals surface area contributed by atoms with Gasteiger partial charge in [-0.3, -0.25) is 0 Å². The van der Waals surface area contributed by atoms with Crippen LogP contribution in [0.15, 0.2) is 11.2 Å². The van der Waals surface area contributed by atoms with Gasteiger partial charge in [0, 0.05) is 32.8 Å². The molecule has 1 aromatic heterocycles. The SMILES string of the molecule is CCC(CC)N(CCOC)c1cc(NC)nc(SC)n1. The van der Waals surface area contributed by atoms with E-state index in [4.69, 9.17) is 4.74 Å². The van der Waals surface area contributed by atoms with Gasteiger partial charge in [-0.25, -0.2) is 9.97 Å². The summed E-state index contributed by atoms with van der Waals surface area (Å²) in [5.41, 5.74) is 0. The van der Waals surface area contributed by atoms with Crippen LogP contribution in [0.4, 0.5) is 11.6 Å². The lowest BCUT2D eigenvalue weighted by molar-refractivity contribution is 0.202. The first-order chi connectivity index (χ1) is 9.69. The maximum Gasteiger partial charge on any atom is 0.191 e. The molecule has 0 atom stereocenters. The summed E-state index contributed by atoms with van der Waals surface area (Å²) < 4.78 is 5.24. The Morgan fingerprint density at radius 2 is 2.05 bits per heavy atom. The van der Waals surface area contributed by atoms with Crippen LogP contribution in [0, 0.1) is 0 Å². The third-order valence-corrected chi connectivity index (χ3v) is 3.89. The number of aromatic nitrogens is 2. The fourth-order valence-electron chi connectivity index (χ4n) is 2.18. The topological polar surface area (TPSA) is 50.3 Å². The highest BCUT2D eigenvalue weighted by Gasteiger charge is 2.18. The van der Waals surface area contributed by atoms with Crippen LogP contribution in [0.2, 0.25) is 0 Å². The minimum atomic E-state index is 0.472. The van der Waals surface area contributed by atoms with Crippen molar-refractivity contribution in [2.45, 2.75) is 37.9 Å². The van der Waals surface area contributed by atoms with Gasteiger partial charge in [0.2, 0.25) is 0 Å². The van der Waals surface area contributed by atoms with Crippen LogP contribution in [-0.4, -0.2) is 49.6 Å².